The lowest BCUT2D eigenvalue weighted by molar-refractivity contribution is 0.281. The van der Waals surface area contributed by atoms with Crippen molar-refractivity contribution >= 4 is 11.4 Å². The fraction of sp³-hybridized carbons (Fsp3) is 0.250. The lowest BCUT2D eigenvalue weighted by atomic mass is 9.95. The minimum atomic E-state index is 0.605. The van der Waals surface area contributed by atoms with Gasteiger partial charge in [0.15, 0.2) is 0 Å². The predicted molar refractivity (Wildman–Crippen MR) is 222 cm³/mol. The molecule has 8 bridgehead atoms. The van der Waals surface area contributed by atoms with Gasteiger partial charge in [-0.25, -0.2) is 0 Å². The number of hydrogen-bond donors (Lipinski definition) is 2. The van der Waals surface area contributed by atoms with Crippen molar-refractivity contribution in [3.63, 3.8) is 0 Å². The highest BCUT2D eigenvalue weighted by atomic mass is 16.5. The fourth-order valence-corrected chi connectivity index (χ4v) is 7.06. The third-order valence-electron chi connectivity index (χ3n) is 10.0. The second-order valence-electron chi connectivity index (χ2n) is 13.8. The van der Waals surface area contributed by atoms with Crippen LogP contribution in [0.25, 0.3) is 44.5 Å². The molecule has 276 valence electrons. The van der Waals surface area contributed by atoms with E-state index in [-0.39, 0.29) is 0 Å². The molecular weight excluding hydrogens is 669 g/mol. The molecule has 0 atom stereocenters. The van der Waals surface area contributed by atoms with E-state index in [0.717, 1.165) is 125 Å². The minimum Gasteiger partial charge on any atom is -0.494 e. The molecule has 54 heavy (non-hydrogen) atoms. The van der Waals surface area contributed by atoms with Gasteiger partial charge in [0, 0.05) is 33.6 Å². The van der Waals surface area contributed by atoms with Crippen LogP contribution in [0.15, 0.2) is 133 Å². The zero-order chi connectivity index (χ0) is 37.0. The molecule has 3 aliphatic heterocycles. The van der Waals surface area contributed by atoms with Gasteiger partial charge in [0.1, 0.15) is 23.0 Å². The molecule has 0 aliphatic carbocycles. The van der Waals surface area contributed by atoms with Crippen molar-refractivity contribution in [3.8, 4) is 67.5 Å². The molecule has 6 nitrogen and oxygen atoms in total. The largest absolute Gasteiger partial charge is 0.494 e. The summed E-state index contributed by atoms with van der Waals surface area (Å²) in [6, 6.07) is 45.2. The average molecular weight is 719 g/mol. The number of benzene rings is 6. The van der Waals surface area contributed by atoms with E-state index in [1.54, 1.807) is 0 Å². The van der Waals surface area contributed by atoms with Crippen LogP contribution in [0.2, 0.25) is 0 Å². The van der Waals surface area contributed by atoms with Gasteiger partial charge in [0.2, 0.25) is 0 Å². The normalized spacial score (nSPS) is 14.5. The Hall–Kier alpha value is -5.88. The summed E-state index contributed by atoms with van der Waals surface area (Å²) in [5.41, 5.74) is 23.2. The zero-order valence-electron chi connectivity index (χ0n) is 31.0. The van der Waals surface area contributed by atoms with Crippen molar-refractivity contribution in [2.24, 2.45) is 0 Å². The van der Waals surface area contributed by atoms with Gasteiger partial charge in [-0.2, -0.15) is 0 Å². The molecule has 0 radical (unpaired) electrons. The van der Waals surface area contributed by atoms with Crippen molar-refractivity contribution in [2.75, 3.05) is 37.9 Å². The summed E-state index contributed by atoms with van der Waals surface area (Å²) in [6.07, 6.45) is 8.02. The van der Waals surface area contributed by atoms with E-state index >= 15 is 0 Å². The maximum atomic E-state index is 6.92. The molecule has 4 N–H and O–H groups in total. The average Bonchev–Trinajstić information content (AvgIpc) is 3.21. The van der Waals surface area contributed by atoms with Crippen LogP contribution >= 0.6 is 0 Å². The van der Waals surface area contributed by atoms with E-state index in [2.05, 4.69) is 72.8 Å². The van der Waals surface area contributed by atoms with Crippen molar-refractivity contribution in [2.45, 2.75) is 51.4 Å². The highest BCUT2D eigenvalue weighted by Crippen LogP contribution is 2.44. The van der Waals surface area contributed by atoms with Gasteiger partial charge in [0.05, 0.1) is 32.0 Å². The highest BCUT2D eigenvalue weighted by molar-refractivity contribution is 5.93. The lowest BCUT2D eigenvalue weighted by Gasteiger charge is -2.19. The summed E-state index contributed by atoms with van der Waals surface area (Å²) in [7, 11) is 0. The first-order chi connectivity index (χ1) is 26.7. The number of ether oxygens (including phenoxy) is 4. The summed E-state index contributed by atoms with van der Waals surface area (Å²) in [5, 5.41) is 0. The summed E-state index contributed by atoms with van der Waals surface area (Å²) < 4.78 is 25.2. The molecular formula is C48H50N2O4. The number of anilines is 2. The molecule has 6 aromatic rings. The number of fused-ring (bicyclic) bond motifs is 2. The van der Waals surface area contributed by atoms with Crippen LogP contribution in [0.4, 0.5) is 11.4 Å². The van der Waals surface area contributed by atoms with E-state index in [9.17, 15) is 0 Å². The van der Waals surface area contributed by atoms with Crippen LogP contribution in [0, 0.1) is 0 Å². The van der Waals surface area contributed by atoms with Crippen LogP contribution in [-0.2, 0) is 0 Å². The molecule has 0 unspecified atom stereocenters. The molecule has 9 rings (SSSR count). The van der Waals surface area contributed by atoms with Crippen molar-refractivity contribution in [1.29, 1.82) is 0 Å². The lowest BCUT2D eigenvalue weighted by Crippen LogP contribution is -2.05. The summed E-state index contributed by atoms with van der Waals surface area (Å²) >= 11 is 0. The van der Waals surface area contributed by atoms with Crippen LogP contribution in [0.1, 0.15) is 51.4 Å². The molecule has 3 aliphatic rings. The zero-order valence-corrected chi connectivity index (χ0v) is 31.0. The first-order valence-corrected chi connectivity index (χ1v) is 19.3. The SMILES string of the molecule is Nc1c2cccc1-c1ccc(cc1)OCCCCCCOc1cccc(c1-c1cccc(-c3ccccc3)c1N)OCCCCCCOc1ccc-2cc1. The van der Waals surface area contributed by atoms with Gasteiger partial charge < -0.3 is 30.4 Å². The van der Waals surface area contributed by atoms with Crippen LogP contribution in [-0.4, -0.2) is 26.4 Å². The number of para-hydroxylation sites is 2. The van der Waals surface area contributed by atoms with Gasteiger partial charge >= 0.3 is 0 Å². The minimum absolute atomic E-state index is 0.605. The standard InChI is InChI=1S/C48H50N2O4/c49-47-41-17-12-18-42(47)37-25-29-39(30-26-37)52-32-9-2-4-11-34-54-45-22-14-21-44(53-33-10-3-1-8-31-51-38-27-23-36(41)24-28-38)46(45)43-20-13-19-40(48(43)50)35-15-6-5-7-16-35/h5-7,12-30H,1-4,8-11,31-34,49-50H2. The molecule has 0 amide bonds. The molecule has 3 heterocycles. The molecule has 0 aromatic heterocycles. The predicted octanol–water partition coefficient (Wildman–Crippen LogP) is 11.9. The Morgan fingerprint density at radius 3 is 1.15 bits per heavy atom. The van der Waals surface area contributed by atoms with Gasteiger partial charge in [-0.3, -0.25) is 0 Å². The van der Waals surface area contributed by atoms with E-state index in [0.29, 0.717) is 32.1 Å². The van der Waals surface area contributed by atoms with Gasteiger partial charge in [0.25, 0.3) is 0 Å². The topological polar surface area (TPSA) is 89.0 Å². The number of rotatable bonds is 2. The maximum Gasteiger partial charge on any atom is 0.130 e. The number of nitrogen functional groups attached to an aromatic ring is 2. The summed E-state index contributed by atoms with van der Waals surface area (Å²) in [4.78, 5) is 0. The smallest absolute Gasteiger partial charge is 0.130 e. The Kier molecular flexibility index (Phi) is 12.3. The first-order valence-electron chi connectivity index (χ1n) is 19.3. The molecule has 0 saturated heterocycles. The van der Waals surface area contributed by atoms with Crippen molar-refractivity contribution in [1.82, 2.24) is 0 Å². The quantitative estimate of drug-likeness (QED) is 0.173. The third-order valence-corrected chi connectivity index (χ3v) is 10.0. The molecule has 6 aromatic carbocycles. The Morgan fingerprint density at radius 1 is 0.315 bits per heavy atom. The Labute approximate surface area is 319 Å². The molecule has 0 saturated carbocycles. The molecule has 6 heteroatoms. The van der Waals surface area contributed by atoms with Gasteiger partial charge in [-0.1, -0.05) is 97.1 Å². The third kappa shape index (κ3) is 9.00. The summed E-state index contributed by atoms with van der Waals surface area (Å²) in [5.74, 6) is 3.29. The molecule has 0 fully saturated rings. The van der Waals surface area contributed by atoms with E-state index < -0.39 is 0 Å². The Bertz CT molecular complexity index is 2000. The number of nitrogens with two attached hydrogens (primary N) is 2. The first kappa shape index (κ1) is 36.5. The second-order valence-corrected chi connectivity index (χ2v) is 13.8. The van der Waals surface area contributed by atoms with E-state index in [1.165, 1.54) is 0 Å². The maximum absolute atomic E-state index is 6.92. The van der Waals surface area contributed by atoms with Gasteiger partial charge in [-0.15, -0.1) is 0 Å². The van der Waals surface area contributed by atoms with Crippen molar-refractivity contribution < 1.29 is 18.9 Å². The molecule has 0 spiro atoms. The number of hydrogen-bond acceptors (Lipinski definition) is 6. The van der Waals surface area contributed by atoms with Crippen LogP contribution in [0.5, 0.6) is 23.0 Å². The van der Waals surface area contributed by atoms with Gasteiger partial charge in [-0.05, 0) is 104 Å². The van der Waals surface area contributed by atoms with Crippen LogP contribution in [0.3, 0.4) is 0 Å². The van der Waals surface area contributed by atoms with Crippen LogP contribution < -0.4 is 30.4 Å². The monoisotopic (exact) mass is 718 g/mol. The second kappa shape index (κ2) is 18.2. The Balaban J connectivity index is 1.07. The highest BCUT2D eigenvalue weighted by Gasteiger charge is 2.18. The Morgan fingerprint density at radius 2 is 0.685 bits per heavy atom. The van der Waals surface area contributed by atoms with E-state index in [4.69, 9.17) is 30.4 Å². The van der Waals surface area contributed by atoms with Crippen molar-refractivity contribution in [3.05, 3.63) is 133 Å². The van der Waals surface area contributed by atoms with E-state index in [1.807, 2.05) is 60.7 Å². The fourth-order valence-electron chi connectivity index (χ4n) is 7.06. The summed E-state index contributed by atoms with van der Waals surface area (Å²) in [6.45, 7) is 2.54.